The molecule has 1 atom stereocenters. The molecule has 0 aliphatic carbocycles. The van der Waals surface area contributed by atoms with E-state index in [0.29, 0.717) is 6.54 Å². The summed E-state index contributed by atoms with van der Waals surface area (Å²) in [6.07, 6.45) is 0. The summed E-state index contributed by atoms with van der Waals surface area (Å²) < 4.78 is 12.5. The molecule has 1 aliphatic rings. The Labute approximate surface area is 212 Å². The van der Waals surface area contributed by atoms with Crippen molar-refractivity contribution in [2.75, 3.05) is 45.3 Å². The third-order valence-corrected chi connectivity index (χ3v) is 6.81. The zero-order chi connectivity index (χ0) is 24.9. The van der Waals surface area contributed by atoms with E-state index >= 15 is 0 Å². The molecule has 0 radical (unpaired) electrons. The van der Waals surface area contributed by atoms with E-state index < -0.39 is 0 Å². The van der Waals surface area contributed by atoms with Gasteiger partial charge >= 0.3 is 0 Å². The topological polar surface area (TPSA) is 68.5 Å². The van der Waals surface area contributed by atoms with Gasteiger partial charge in [-0.15, -0.1) is 5.10 Å². The van der Waals surface area contributed by atoms with E-state index in [4.69, 9.17) is 9.47 Å². The third-order valence-electron chi connectivity index (χ3n) is 6.81. The smallest absolute Gasteiger partial charge is 0.173 e. The molecule has 0 N–H and O–H groups in total. The van der Waals surface area contributed by atoms with Crippen LogP contribution in [-0.2, 0) is 6.54 Å². The lowest BCUT2D eigenvalue weighted by Gasteiger charge is -2.40. The quantitative estimate of drug-likeness (QED) is 0.375. The van der Waals surface area contributed by atoms with Gasteiger partial charge in [0.2, 0.25) is 0 Å². The van der Waals surface area contributed by atoms with Crippen molar-refractivity contribution in [3.63, 3.8) is 0 Å². The second-order valence-corrected chi connectivity index (χ2v) is 9.08. The Kier molecular flexibility index (Phi) is 7.13. The molecule has 1 fully saturated rings. The molecule has 1 saturated heterocycles. The Balaban J connectivity index is 1.39. The molecular formula is C28H32N6O2. The van der Waals surface area contributed by atoms with Crippen molar-refractivity contribution in [2.24, 2.45) is 0 Å². The maximum atomic E-state index is 5.31. The maximum Gasteiger partial charge on any atom is 0.173 e. The molecule has 0 spiro atoms. The predicted octanol–water partition coefficient (Wildman–Crippen LogP) is 3.96. The van der Waals surface area contributed by atoms with E-state index in [-0.39, 0.29) is 6.04 Å². The van der Waals surface area contributed by atoms with Crippen molar-refractivity contribution >= 4 is 5.69 Å². The zero-order valence-corrected chi connectivity index (χ0v) is 21.0. The summed E-state index contributed by atoms with van der Waals surface area (Å²) in [4.78, 5) is 4.91. The number of aromatic nitrogens is 4. The number of piperazine rings is 1. The van der Waals surface area contributed by atoms with Gasteiger partial charge in [-0.3, -0.25) is 4.90 Å². The van der Waals surface area contributed by atoms with Gasteiger partial charge in [-0.1, -0.05) is 42.0 Å². The lowest BCUT2D eigenvalue weighted by Crippen LogP contribution is -2.48. The van der Waals surface area contributed by atoms with Crippen LogP contribution in [0.4, 0.5) is 5.69 Å². The van der Waals surface area contributed by atoms with E-state index in [9.17, 15) is 0 Å². The van der Waals surface area contributed by atoms with Gasteiger partial charge < -0.3 is 14.4 Å². The van der Waals surface area contributed by atoms with Crippen LogP contribution in [0.1, 0.15) is 28.6 Å². The number of tetrazole rings is 1. The van der Waals surface area contributed by atoms with Gasteiger partial charge in [0.05, 0.1) is 26.8 Å². The van der Waals surface area contributed by atoms with Crippen LogP contribution in [0.2, 0.25) is 0 Å². The third kappa shape index (κ3) is 5.18. The molecule has 2 heterocycles. The summed E-state index contributed by atoms with van der Waals surface area (Å²) in [6, 6.07) is 25.0. The first-order valence-corrected chi connectivity index (χ1v) is 12.2. The highest BCUT2D eigenvalue weighted by molar-refractivity contribution is 5.49. The molecule has 36 heavy (non-hydrogen) atoms. The number of hydrogen-bond donors (Lipinski definition) is 0. The van der Waals surface area contributed by atoms with Crippen molar-refractivity contribution in [1.82, 2.24) is 25.1 Å². The Morgan fingerprint density at radius 2 is 1.39 bits per heavy atom. The maximum absolute atomic E-state index is 5.31. The van der Waals surface area contributed by atoms with Crippen LogP contribution in [0.15, 0.2) is 72.8 Å². The van der Waals surface area contributed by atoms with Gasteiger partial charge in [-0.25, -0.2) is 4.68 Å². The second kappa shape index (κ2) is 10.8. The molecule has 8 heteroatoms. The van der Waals surface area contributed by atoms with Crippen LogP contribution in [0, 0.1) is 6.92 Å². The molecule has 186 valence electrons. The van der Waals surface area contributed by atoms with E-state index in [1.165, 1.54) is 16.8 Å². The van der Waals surface area contributed by atoms with Gasteiger partial charge in [-0.05, 0) is 64.9 Å². The normalized spacial score (nSPS) is 15.0. The fourth-order valence-corrected chi connectivity index (χ4v) is 4.73. The number of benzene rings is 3. The number of methoxy groups -OCH3 is 2. The first-order valence-electron chi connectivity index (χ1n) is 12.2. The highest BCUT2D eigenvalue weighted by Gasteiger charge is 2.30. The number of nitrogens with zero attached hydrogens (tertiary/aromatic N) is 6. The largest absolute Gasteiger partial charge is 0.497 e. The van der Waals surface area contributed by atoms with Crippen molar-refractivity contribution < 1.29 is 9.47 Å². The minimum atomic E-state index is -0.0307. The average molecular weight is 485 g/mol. The molecule has 0 bridgehead atoms. The molecule has 0 unspecified atom stereocenters. The summed E-state index contributed by atoms with van der Waals surface area (Å²) in [5.74, 6) is 2.57. The molecule has 5 rings (SSSR count). The summed E-state index contributed by atoms with van der Waals surface area (Å²) in [5.41, 5.74) is 4.77. The monoisotopic (exact) mass is 484 g/mol. The molecular weight excluding hydrogens is 452 g/mol. The summed E-state index contributed by atoms with van der Waals surface area (Å²) in [7, 11) is 3.37. The van der Waals surface area contributed by atoms with Crippen molar-refractivity contribution in [3.05, 3.63) is 95.3 Å². The van der Waals surface area contributed by atoms with Crippen molar-refractivity contribution in [1.29, 1.82) is 0 Å². The van der Waals surface area contributed by atoms with Crippen LogP contribution in [0.5, 0.6) is 11.5 Å². The Hall–Kier alpha value is -3.91. The predicted molar refractivity (Wildman–Crippen MR) is 140 cm³/mol. The Bertz CT molecular complexity index is 1250. The summed E-state index contributed by atoms with van der Waals surface area (Å²) in [6.45, 7) is 6.37. The first kappa shape index (κ1) is 23.8. The Morgan fingerprint density at radius 1 is 0.778 bits per heavy atom. The van der Waals surface area contributed by atoms with Crippen LogP contribution in [0.3, 0.4) is 0 Å². The minimum Gasteiger partial charge on any atom is -0.497 e. The van der Waals surface area contributed by atoms with Crippen LogP contribution >= 0.6 is 0 Å². The lowest BCUT2D eigenvalue weighted by atomic mass is 10.0. The van der Waals surface area contributed by atoms with E-state index in [1.54, 1.807) is 14.2 Å². The fraction of sp³-hybridized carbons (Fsp3) is 0.321. The molecule has 0 amide bonds. The number of hydrogen-bond acceptors (Lipinski definition) is 7. The number of anilines is 1. The summed E-state index contributed by atoms with van der Waals surface area (Å²) in [5, 5.41) is 13.0. The van der Waals surface area contributed by atoms with Crippen molar-refractivity contribution in [2.45, 2.75) is 19.5 Å². The van der Waals surface area contributed by atoms with Gasteiger partial charge in [-0.2, -0.15) is 0 Å². The second-order valence-electron chi connectivity index (χ2n) is 9.08. The highest BCUT2D eigenvalue weighted by atomic mass is 16.5. The van der Waals surface area contributed by atoms with Crippen molar-refractivity contribution in [3.8, 4) is 11.5 Å². The number of aryl methyl sites for hydroxylation is 1. The summed E-state index contributed by atoms with van der Waals surface area (Å²) >= 11 is 0. The highest BCUT2D eigenvalue weighted by Crippen LogP contribution is 2.30. The number of ether oxygens (including phenoxy) is 2. The van der Waals surface area contributed by atoms with Gasteiger partial charge in [0.15, 0.2) is 5.82 Å². The first-order chi connectivity index (χ1) is 17.6. The lowest BCUT2D eigenvalue weighted by molar-refractivity contribution is 0.201. The average Bonchev–Trinajstić information content (AvgIpc) is 3.38. The number of rotatable bonds is 8. The van der Waals surface area contributed by atoms with Crippen LogP contribution in [-0.4, -0.2) is 65.5 Å². The van der Waals surface area contributed by atoms with Gasteiger partial charge in [0.25, 0.3) is 0 Å². The minimum absolute atomic E-state index is 0.0307. The Morgan fingerprint density at radius 3 is 2.00 bits per heavy atom. The molecule has 8 nitrogen and oxygen atoms in total. The molecule has 1 aromatic heterocycles. The van der Waals surface area contributed by atoms with Gasteiger partial charge in [0, 0.05) is 31.9 Å². The molecule has 4 aromatic rings. The van der Waals surface area contributed by atoms with E-state index in [1.807, 2.05) is 28.9 Å². The fourth-order valence-electron chi connectivity index (χ4n) is 4.73. The van der Waals surface area contributed by atoms with Gasteiger partial charge in [0.1, 0.15) is 11.5 Å². The SMILES string of the molecule is COc1ccc(Cn2nnnc2[C@H](c2ccc(C)cc2)N2CCN(c3ccc(OC)cc3)CC2)cc1. The van der Waals surface area contributed by atoms with Crippen LogP contribution < -0.4 is 14.4 Å². The van der Waals surface area contributed by atoms with Crippen LogP contribution in [0.25, 0.3) is 0 Å². The zero-order valence-electron chi connectivity index (χ0n) is 21.0. The molecule has 0 saturated carbocycles. The standard InChI is InChI=1S/C28H32N6O2/c1-21-4-8-23(9-5-21)27(28-29-30-31-34(28)20-22-6-12-25(35-2)13-7-22)33-18-16-32(17-19-33)24-10-14-26(36-3)15-11-24/h4-15,27H,16-20H2,1-3H3/t27-/m0/s1. The molecule has 3 aromatic carbocycles. The van der Waals surface area contributed by atoms with E-state index in [2.05, 4.69) is 80.8 Å². The van der Waals surface area contributed by atoms with E-state index in [0.717, 1.165) is 49.1 Å². The molecule has 1 aliphatic heterocycles.